The molecule has 7 nitrogen and oxygen atoms in total. The topological polar surface area (TPSA) is 77.5 Å². The molecule has 1 saturated heterocycles. The van der Waals surface area contributed by atoms with Crippen molar-refractivity contribution in [1.82, 2.24) is 19.9 Å². The second-order valence-corrected chi connectivity index (χ2v) is 6.01. The van der Waals surface area contributed by atoms with E-state index in [-0.39, 0.29) is 6.61 Å². The lowest BCUT2D eigenvalue weighted by Crippen LogP contribution is -2.47. The summed E-state index contributed by atoms with van der Waals surface area (Å²) in [6, 6.07) is 5.97. The summed E-state index contributed by atoms with van der Waals surface area (Å²) < 4.78 is 5.31. The van der Waals surface area contributed by atoms with Gasteiger partial charge in [-0.05, 0) is 12.1 Å². The quantitative estimate of drug-likeness (QED) is 0.751. The highest BCUT2D eigenvalue weighted by molar-refractivity contribution is 6.08. The zero-order valence-corrected chi connectivity index (χ0v) is 13.7. The van der Waals surface area contributed by atoms with E-state index in [4.69, 9.17) is 9.84 Å². The number of piperazine rings is 1. The third-order valence-corrected chi connectivity index (χ3v) is 4.66. The number of rotatable bonds is 4. The first-order chi connectivity index (χ1) is 11.8. The zero-order chi connectivity index (χ0) is 16.5. The van der Waals surface area contributed by atoms with E-state index in [0.29, 0.717) is 0 Å². The van der Waals surface area contributed by atoms with E-state index < -0.39 is 0 Å². The number of hydrogen-bond acceptors (Lipinski definition) is 6. The van der Waals surface area contributed by atoms with E-state index in [9.17, 15) is 0 Å². The standard InChI is InChI=1S/C17H21N5O2/c1-24-12-2-3-13-14(10-12)20-16-15(13)18-11-19-17(16)22-6-4-21(5-7-22)8-9-23/h2-3,10-11,20,23H,4-9H2,1H3. The molecule has 0 unspecified atom stereocenters. The first-order valence-corrected chi connectivity index (χ1v) is 8.18. The van der Waals surface area contributed by atoms with Crippen LogP contribution in [0.5, 0.6) is 5.75 Å². The highest BCUT2D eigenvalue weighted by atomic mass is 16.5. The van der Waals surface area contributed by atoms with Gasteiger partial charge in [0.05, 0.1) is 19.2 Å². The normalized spacial score (nSPS) is 16.2. The number of benzene rings is 1. The molecule has 1 fully saturated rings. The van der Waals surface area contributed by atoms with Crippen LogP contribution in [0, 0.1) is 0 Å². The Bertz CT molecular complexity index is 855. The monoisotopic (exact) mass is 327 g/mol. The van der Waals surface area contributed by atoms with Crippen LogP contribution in [0.1, 0.15) is 0 Å². The number of fused-ring (bicyclic) bond motifs is 3. The predicted octanol–water partition coefficient (Wildman–Crippen LogP) is 1.23. The molecule has 0 aliphatic carbocycles. The van der Waals surface area contributed by atoms with Crippen LogP contribution < -0.4 is 9.64 Å². The predicted molar refractivity (Wildman–Crippen MR) is 93.7 cm³/mol. The van der Waals surface area contributed by atoms with Crippen molar-refractivity contribution in [3.8, 4) is 5.75 Å². The van der Waals surface area contributed by atoms with Gasteiger partial charge in [-0.2, -0.15) is 0 Å². The summed E-state index contributed by atoms with van der Waals surface area (Å²) in [6.07, 6.45) is 1.63. The van der Waals surface area contributed by atoms with Crippen LogP contribution in [0.2, 0.25) is 0 Å². The van der Waals surface area contributed by atoms with E-state index in [1.165, 1.54) is 0 Å². The number of aliphatic hydroxyl groups excluding tert-OH is 1. The number of aliphatic hydroxyl groups is 1. The lowest BCUT2D eigenvalue weighted by molar-refractivity contribution is 0.188. The van der Waals surface area contributed by atoms with Gasteiger partial charge in [0.1, 0.15) is 23.1 Å². The zero-order valence-electron chi connectivity index (χ0n) is 13.7. The molecule has 0 atom stereocenters. The summed E-state index contributed by atoms with van der Waals surface area (Å²) in [5, 5.41) is 10.2. The Labute approximate surface area is 139 Å². The van der Waals surface area contributed by atoms with Crippen LogP contribution >= 0.6 is 0 Å². The van der Waals surface area contributed by atoms with Gasteiger partial charge in [0.25, 0.3) is 0 Å². The summed E-state index contributed by atoms with van der Waals surface area (Å²) in [5.41, 5.74) is 2.91. The number of aromatic nitrogens is 3. The molecule has 3 heterocycles. The van der Waals surface area contributed by atoms with Gasteiger partial charge in [0.15, 0.2) is 5.82 Å². The number of hydrogen-bond donors (Lipinski definition) is 2. The van der Waals surface area contributed by atoms with E-state index in [1.54, 1.807) is 13.4 Å². The van der Waals surface area contributed by atoms with E-state index >= 15 is 0 Å². The molecular weight excluding hydrogens is 306 g/mol. The number of nitrogens with one attached hydrogen (secondary N) is 1. The Morgan fingerprint density at radius 2 is 2.04 bits per heavy atom. The van der Waals surface area contributed by atoms with E-state index in [1.807, 2.05) is 18.2 Å². The van der Waals surface area contributed by atoms with Gasteiger partial charge >= 0.3 is 0 Å². The second kappa shape index (κ2) is 6.26. The summed E-state index contributed by atoms with van der Waals surface area (Å²) in [5.74, 6) is 1.76. The molecule has 2 aromatic heterocycles. The molecule has 126 valence electrons. The fraction of sp³-hybridized carbons (Fsp3) is 0.412. The number of ether oxygens (including phenoxy) is 1. The van der Waals surface area contributed by atoms with Gasteiger partial charge in [-0.25, -0.2) is 9.97 Å². The number of nitrogens with zero attached hydrogens (tertiary/aromatic N) is 4. The summed E-state index contributed by atoms with van der Waals surface area (Å²) in [4.78, 5) is 17.0. The molecule has 7 heteroatoms. The first kappa shape index (κ1) is 15.2. The maximum Gasteiger partial charge on any atom is 0.156 e. The van der Waals surface area contributed by atoms with Crippen LogP contribution in [-0.4, -0.2) is 71.4 Å². The summed E-state index contributed by atoms with van der Waals surface area (Å²) >= 11 is 0. The molecule has 0 saturated carbocycles. The van der Waals surface area contributed by atoms with Crippen molar-refractivity contribution in [2.75, 3.05) is 51.3 Å². The number of anilines is 1. The fourth-order valence-corrected chi connectivity index (χ4v) is 3.35. The molecule has 0 amide bonds. The third-order valence-electron chi connectivity index (χ3n) is 4.66. The number of β-amino-alcohol motifs (C(OH)–C–C–N with tert-alkyl or cyclic N) is 1. The van der Waals surface area contributed by atoms with Crippen molar-refractivity contribution < 1.29 is 9.84 Å². The van der Waals surface area contributed by atoms with Gasteiger partial charge < -0.3 is 19.7 Å². The highest BCUT2D eigenvalue weighted by Gasteiger charge is 2.21. The minimum Gasteiger partial charge on any atom is -0.497 e. The van der Waals surface area contributed by atoms with Gasteiger partial charge in [0.2, 0.25) is 0 Å². The Balaban J connectivity index is 1.71. The average molecular weight is 327 g/mol. The third kappa shape index (κ3) is 2.55. The maximum absolute atomic E-state index is 9.08. The minimum atomic E-state index is 0.210. The molecule has 24 heavy (non-hydrogen) atoms. The smallest absolute Gasteiger partial charge is 0.156 e. The molecule has 1 aromatic carbocycles. The molecule has 0 spiro atoms. The Kier molecular flexibility index (Phi) is 3.95. The molecule has 4 rings (SSSR count). The van der Waals surface area contributed by atoms with Gasteiger partial charge in [-0.1, -0.05) is 0 Å². The van der Waals surface area contributed by atoms with Crippen LogP contribution in [0.15, 0.2) is 24.5 Å². The molecule has 2 N–H and O–H groups in total. The Morgan fingerprint density at radius 3 is 2.79 bits per heavy atom. The van der Waals surface area contributed by atoms with Gasteiger partial charge in [-0.3, -0.25) is 4.90 Å². The van der Waals surface area contributed by atoms with Crippen molar-refractivity contribution in [3.63, 3.8) is 0 Å². The lowest BCUT2D eigenvalue weighted by Gasteiger charge is -2.35. The second-order valence-electron chi connectivity index (χ2n) is 6.01. The Hall–Kier alpha value is -2.38. The van der Waals surface area contributed by atoms with Crippen molar-refractivity contribution in [2.24, 2.45) is 0 Å². The van der Waals surface area contributed by atoms with Crippen molar-refractivity contribution in [3.05, 3.63) is 24.5 Å². The van der Waals surface area contributed by atoms with Crippen LogP contribution in [0.25, 0.3) is 21.9 Å². The average Bonchev–Trinajstić information content (AvgIpc) is 3.00. The highest BCUT2D eigenvalue weighted by Crippen LogP contribution is 2.31. The molecule has 1 aliphatic rings. The first-order valence-electron chi connectivity index (χ1n) is 8.18. The number of methoxy groups -OCH3 is 1. The lowest BCUT2D eigenvalue weighted by atomic mass is 10.2. The van der Waals surface area contributed by atoms with Crippen LogP contribution in [-0.2, 0) is 0 Å². The number of aromatic amines is 1. The molecule has 3 aromatic rings. The van der Waals surface area contributed by atoms with Crippen molar-refractivity contribution >= 4 is 27.8 Å². The minimum absolute atomic E-state index is 0.210. The summed E-state index contributed by atoms with van der Waals surface area (Å²) in [6.45, 7) is 4.59. The van der Waals surface area contributed by atoms with Crippen molar-refractivity contribution in [1.29, 1.82) is 0 Å². The molecule has 1 aliphatic heterocycles. The van der Waals surface area contributed by atoms with Crippen LogP contribution in [0.3, 0.4) is 0 Å². The number of H-pyrrole nitrogens is 1. The van der Waals surface area contributed by atoms with Gasteiger partial charge in [0, 0.05) is 44.2 Å². The van der Waals surface area contributed by atoms with E-state index in [2.05, 4.69) is 24.8 Å². The largest absolute Gasteiger partial charge is 0.497 e. The van der Waals surface area contributed by atoms with Crippen LogP contribution in [0.4, 0.5) is 5.82 Å². The van der Waals surface area contributed by atoms with E-state index in [0.717, 1.165) is 66.2 Å². The Morgan fingerprint density at radius 1 is 1.21 bits per heavy atom. The SMILES string of the molecule is COc1ccc2c(c1)[nH]c1c(N3CCN(CCO)CC3)ncnc12. The summed E-state index contributed by atoms with van der Waals surface area (Å²) in [7, 11) is 1.67. The fourth-order valence-electron chi connectivity index (χ4n) is 3.35. The van der Waals surface area contributed by atoms with Crippen molar-refractivity contribution in [2.45, 2.75) is 0 Å². The maximum atomic E-state index is 9.08. The molecular formula is C17H21N5O2. The molecule has 0 bridgehead atoms. The van der Waals surface area contributed by atoms with Gasteiger partial charge in [-0.15, -0.1) is 0 Å². The molecule has 0 radical (unpaired) electrons.